The summed E-state index contributed by atoms with van der Waals surface area (Å²) in [5.74, 6) is -0.901. The molecule has 1 spiro atoms. The number of amides is 4. The van der Waals surface area contributed by atoms with Crippen molar-refractivity contribution in [1.82, 2.24) is 25.2 Å². The Morgan fingerprint density at radius 1 is 1.12 bits per heavy atom. The Morgan fingerprint density at radius 2 is 1.88 bits per heavy atom. The molecule has 4 amide bonds. The maximum absolute atomic E-state index is 13.2. The molecule has 10 heteroatoms. The number of nitrogens with zero attached hydrogens (tertiary/aromatic N) is 3. The molecule has 5 rings (SSSR count). The lowest BCUT2D eigenvalue weighted by molar-refractivity contribution is -0.135. The van der Waals surface area contributed by atoms with Gasteiger partial charge in [0, 0.05) is 6.54 Å². The number of para-hydroxylation sites is 1. The Hall–Kier alpha value is -4.21. The van der Waals surface area contributed by atoms with Crippen molar-refractivity contribution in [2.75, 3.05) is 12.0 Å². The van der Waals surface area contributed by atoms with E-state index in [9.17, 15) is 19.2 Å². The molecule has 1 fully saturated rings. The molecule has 1 unspecified atom stereocenters. The zero-order valence-corrected chi connectivity index (χ0v) is 17.9. The number of hydrogen-bond acceptors (Lipinski definition) is 6. The average molecular weight is 446 g/mol. The van der Waals surface area contributed by atoms with Gasteiger partial charge in [-0.15, -0.1) is 0 Å². The Labute approximate surface area is 188 Å². The maximum Gasteiger partial charge on any atom is 0.325 e. The molecule has 1 aromatic heterocycles. The van der Waals surface area contributed by atoms with Crippen molar-refractivity contribution in [3.8, 4) is 0 Å². The van der Waals surface area contributed by atoms with Crippen LogP contribution >= 0.6 is 0 Å². The van der Waals surface area contributed by atoms with Gasteiger partial charge >= 0.3 is 6.03 Å². The van der Waals surface area contributed by atoms with Gasteiger partial charge in [-0.1, -0.05) is 36.4 Å². The van der Waals surface area contributed by atoms with Gasteiger partial charge in [0.05, 0.1) is 10.9 Å². The molecule has 1 aliphatic carbocycles. The van der Waals surface area contributed by atoms with Gasteiger partial charge in [-0.2, -0.15) is 0 Å². The van der Waals surface area contributed by atoms with Crippen LogP contribution < -0.4 is 21.7 Å². The summed E-state index contributed by atoms with van der Waals surface area (Å²) < 4.78 is 1.39. The van der Waals surface area contributed by atoms with Crippen molar-refractivity contribution in [2.24, 2.45) is 0 Å². The van der Waals surface area contributed by atoms with E-state index >= 15 is 0 Å². The van der Waals surface area contributed by atoms with Crippen LogP contribution in [0.2, 0.25) is 0 Å². The first-order valence-electron chi connectivity index (χ1n) is 10.7. The van der Waals surface area contributed by atoms with E-state index in [2.05, 4.69) is 21.2 Å². The lowest BCUT2D eigenvalue weighted by Crippen LogP contribution is -2.45. The highest BCUT2D eigenvalue weighted by molar-refractivity contribution is 6.10. The summed E-state index contributed by atoms with van der Waals surface area (Å²) in [6, 6.07) is 13.8. The lowest BCUT2D eigenvalue weighted by Gasteiger charge is -2.22. The normalized spacial score (nSPS) is 19.1. The van der Waals surface area contributed by atoms with Gasteiger partial charge in [-0.05, 0) is 43.0 Å². The van der Waals surface area contributed by atoms with E-state index in [1.165, 1.54) is 4.57 Å². The van der Waals surface area contributed by atoms with Crippen molar-refractivity contribution in [2.45, 2.75) is 31.8 Å². The number of imide groups is 1. The van der Waals surface area contributed by atoms with Crippen LogP contribution in [-0.2, 0) is 28.1 Å². The molecule has 33 heavy (non-hydrogen) atoms. The zero-order chi connectivity index (χ0) is 23.2. The first-order valence-corrected chi connectivity index (χ1v) is 10.7. The van der Waals surface area contributed by atoms with Gasteiger partial charge in [0.1, 0.15) is 12.1 Å². The molecule has 0 radical (unpaired) electrons. The van der Waals surface area contributed by atoms with Crippen molar-refractivity contribution in [3.63, 3.8) is 0 Å². The third-order valence-corrected chi connectivity index (χ3v) is 6.22. The van der Waals surface area contributed by atoms with Crippen LogP contribution in [-0.4, -0.2) is 38.8 Å². The highest BCUT2D eigenvalue weighted by Gasteiger charge is 2.55. The van der Waals surface area contributed by atoms with Crippen molar-refractivity contribution in [1.29, 1.82) is 0 Å². The predicted octanol–water partition coefficient (Wildman–Crippen LogP) is 1.25. The molecule has 168 valence electrons. The SMILES string of the molecule is CCn1c(NNC(=O)CN2C(=O)NC3(CCc4ccccc43)C2=O)nc2ccccc2c1=O. The average Bonchev–Trinajstić information content (AvgIpc) is 3.31. The molecule has 1 saturated heterocycles. The number of rotatable bonds is 5. The summed E-state index contributed by atoms with van der Waals surface area (Å²) in [5.41, 5.74) is 6.02. The summed E-state index contributed by atoms with van der Waals surface area (Å²) in [6.45, 7) is 1.66. The number of nitrogens with one attached hydrogen (secondary N) is 3. The molecular formula is C23H22N6O4. The number of anilines is 1. The summed E-state index contributed by atoms with van der Waals surface area (Å²) >= 11 is 0. The van der Waals surface area contributed by atoms with Crippen LogP contribution in [0.25, 0.3) is 10.9 Å². The summed E-state index contributed by atoms with van der Waals surface area (Å²) in [7, 11) is 0. The van der Waals surface area contributed by atoms with Gasteiger partial charge < -0.3 is 5.32 Å². The molecule has 1 atom stereocenters. The number of fused-ring (bicyclic) bond motifs is 3. The maximum atomic E-state index is 13.2. The van der Waals surface area contributed by atoms with Crippen LogP contribution in [0.15, 0.2) is 53.3 Å². The number of hydrazine groups is 1. The van der Waals surface area contributed by atoms with Crippen molar-refractivity contribution >= 4 is 34.7 Å². The molecule has 10 nitrogen and oxygen atoms in total. The highest BCUT2D eigenvalue weighted by atomic mass is 16.2. The molecule has 2 aromatic carbocycles. The van der Waals surface area contributed by atoms with E-state index in [0.717, 1.165) is 16.0 Å². The summed E-state index contributed by atoms with van der Waals surface area (Å²) in [4.78, 5) is 56.4. The van der Waals surface area contributed by atoms with Crippen LogP contribution in [0.1, 0.15) is 24.5 Å². The van der Waals surface area contributed by atoms with Gasteiger partial charge in [0.15, 0.2) is 0 Å². The van der Waals surface area contributed by atoms with Gasteiger partial charge in [0.2, 0.25) is 5.95 Å². The first-order chi connectivity index (χ1) is 15.9. The Kier molecular flexibility index (Phi) is 4.85. The van der Waals surface area contributed by atoms with E-state index in [4.69, 9.17) is 0 Å². The zero-order valence-electron chi connectivity index (χ0n) is 17.9. The van der Waals surface area contributed by atoms with Gasteiger partial charge in [-0.25, -0.2) is 9.78 Å². The number of benzene rings is 2. The second kappa shape index (κ2) is 7.73. The van der Waals surface area contributed by atoms with E-state index in [1.807, 2.05) is 24.3 Å². The summed E-state index contributed by atoms with van der Waals surface area (Å²) in [5, 5.41) is 3.26. The second-order valence-corrected chi connectivity index (χ2v) is 8.06. The van der Waals surface area contributed by atoms with Crippen LogP contribution in [0.4, 0.5) is 10.7 Å². The molecular weight excluding hydrogens is 424 g/mol. The largest absolute Gasteiger partial charge is 0.325 e. The molecule has 3 aromatic rings. The van der Waals surface area contributed by atoms with Crippen LogP contribution in [0, 0.1) is 0 Å². The third kappa shape index (κ3) is 3.22. The Balaban J connectivity index is 1.32. The number of aromatic nitrogens is 2. The first kappa shape index (κ1) is 20.7. The molecule has 2 heterocycles. The molecule has 0 saturated carbocycles. The molecule has 0 bridgehead atoms. The number of carbonyl (C=O) groups is 3. The minimum absolute atomic E-state index is 0.160. The van der Waals surface area contributed by atoms with Gasteiger partial charge in [0.25, 0.3) is 17.4 Å². The fourth-order valence-corrected chi connectivity index (χ4v) is 4.60. The molecule has 2 aliphatic rings. The van der Waals surface area contributed by atoms with Crippen molar-refractivity contribution in [3.05, 3.63) is 70.0 Å². The lowest BCUT2D eigenvalue weighted by atomic mass is 9.92. The van der Waals surface area contributed by atoms with E-state index < -0.39 is 29.9 Å². The number of carbonyl (C=O) groups excluding carboxylic acids is 3. The third-order valence-electron chi connectivity index (χ3n) is 6.22. The van der Waals surface area contributed by atoms with Crippen molar-refractivity contribution < 1.29 is 14.4 Å². The van der Waals surface area contributed by atoms with E-state index in [0.29, 0.717) is 30.3 Å². The Bertz CT molecular complexity index is 1370. The number of urea groups is 1. The van der Waals surface area contributed by atoms with E-state index in [-0.39, 0.29) is 11.5 Å². The summed E-state index contributed by atoms with van der Waals surface area (Å²) in [6.07, 6.45) is 1.13. The van der Waals surface area contributed by atoms with Crippen LogP contribution in [0.3, 0.4) is 0 Å². The smallest absolute Gasteiger partial charge is 0.319 e. The minimum atomic E-state index is -1.12. The standard InChI is InChI=1S/C23H22N6O4/c1-2-28-19(31)15-8-4-6-10-17(15)24-21(28)27-26-18(30)13-29-20(32)23(25-22(29)33)12-11-14-7-3-5-9-16(14)23/h3-10H,2,11-13H2,1H3,(H,24,27)(H,25,33)(H,26,30). The monoisotopic (exact) mass is 446 g/mol. The Morgan fingerprint density at radius 3 is 2.70 bits per heavy atom. The van der Waals surface area contributed by atoms with E-state index in [1.54, 1.807) is 31.2 Å². The molecule has 3 N–H and O–H groups in total. The number of hydrogen-bond donors (Lipinski definition) is 3. The minimum Gasteiger partial charge on any atom is -0.319 e. The fourth-order valence-electron chi connectivity index (χ4n) is 4.60. The fraction of sp³-hybridized carbons (Fsp3) is 0.261. The van der Waals surface area contributed by atoms with Gasteiger partial charge in [-0.3, -0.25) is 34.7 Å². The highest BCUT2D eigenvalue weighted by Crippen LogP contribution is 2.41. The number of aryl methyl sites for hydroxylation is 1. The molecule has 1 aliphatic heterocycles. The second-order valence-electron chi connectivity index (χ2n) is 8.06. The quantitative estimate of drug-likeness (QED) is 0.400. The van der Waals surface area contributed by atoms with Crippen LogP contribution in [0.5, 0.6) is 0 Å². The topological polar surface area (TPSA) is 125 Å². The predicted molar refractivity (Wildman–Crippen MR) is 120 cm³/mol.